The van der Waals surface area contributed by atoms with Crippen LogP contribution in [0.1, 0.15) is 17.2 Å². The third-order valence-corrected chi connectivity index (χ3v) is 1.76. The molecule has 0 aliphatic rings. The zero-order chi connectivity index (χ0) is 9.14. The van der Waals surface area contributed by atoms with Crippen LogP contribution in [0.15, 0.2) is 30.9 Å². The van der Waals surface area contributed by atoms with E-state index in [0.29, 0.717) is 0 Å². The van der Waals surface area contributed by atoms with Gasteiger partial charge in [-0.3, -0.25) is 0 Å². The van der Waals surface area contributed by atoms with Crippen molar-refractivity contribution in [3.8, 4) is 0 Å². The molecule has 0 aliphatic carbocycles. The lowest BCUT2D eigenvalue weighted by molar-refractivity contribution is 0.913. The topological polar surface area (TPSA) is 52.0 Å². The summed E-state index contributed by atoms with van der Waals surface area (Å²) in [5, 5.41) is 0. The van der Waals surface area contributed by atoms with Gasteiger partial charge in [0.05, 0.1) is 0 Å². The van der Waals surface area contributed by atoms with Crippen molar-refractivity contribution in [1.82, 2.24) is 0 Å². The van der Waals surface area contributed by atoms with Gasteiger partial charge in [-0.05, 0) is 30.2 Å². The predicted octanol–water partition coefficient (Wildman–Crippen LogP) is 1.76. The first-order chi connectivity index (χ1) is 5.63. The second kappa shape index (κ2) is 3.41. The molecule has 0 saturated carbocycles. The summed E-state index contributed by atoms with van der Waals surface area (Å²) in [4.78, 5) is 0. The molecule has 4 N–H and O–H groups in total. The molecular weight excluding hydrogens is 148 g/mol. The van der Waals surface area contributed by atoms with Crippen molar-refractivity contribution in [2.24, 2.45) is 5.73 Å². The molecule has 12 heavy (non-hydrogen) atoms. The molecule has 1 aromatic carbocycles. The molecule has 0 saturated heterocycles. The molecule has 0 aromatic heterocycles. The molecule has 64 valence electrons. The predicted molar refractivity (Wildman–Crippen MR) is 52.7 cm³/mol. The van der Waals surface area contributed by atoms with Crippen LogP contribution in [0, 0.1) is 6.92 Å². The largest absolute Gasteiger partial charge is 0.399 e. The maximum Gasteiger partial charge on any atom is 0.0479 e. The number of nitrogen functional groups attached to an aromatic ring is 1. The third kappa shape index (κ3) is 1.86. The molecule has 1 atom stereocenters. The average molecular weight is 162 g/mol. The molecule has 0 spiro atoms. The molecule has 0 amide bonds. The first kappa shape index (κ1) is 8.81. The van der Waals surface area contributed by atoms with Crippen molar-refractivity contribution in [3.05, 3.63) is 42.0 Å². The van der Waals surface area contributed by atoms with E-state index in [-0.39, 0.29) is 6.04 Å². The molecule has 0 bridgehead atoms. The molecule has 0 radical (unpaired) electrons. The second-order valence-corrected chi connectivity index (χ2v) is 2.94. The van der Waals surface area contributed by atoms with E-state index in [4.69, 9.17) is 11.5 Å². The molecule has 1 aromatic rings. The highest BCUT2D eigenvalue weighted by Crippen LogP contribution is 2.16. The summed E-state index contributed by atoms with van der Waals surface area (Å²) in [5.41, 5.74) is 14.3. The van der Waals surface area contributed by atoms with Crippen molar-refractivity contribution in [2.75, 3.05) is 5.73 Å². The van der Waals surface area contributed by atoms with E-state index >= 15 is 0 Å². The van der Waals surface area contributed by atoms with E-state index in [2.05, 4.69) is 6.58 Å². The van der Waals surface area contributed by atoms with Gasteiger partial charge < -0.3 is 11.5 Å². The lowest BCUT2D eigenvalue weighted by Crippen LogP contribution is -2.07. The Morgan fingerprint density at radius 3 is 2.58 bits per heavy atom. The Morgan fingerprint density at radius 1 is 1.42 bits per heavy atom. The highest BCUT2D eigenvalue weighted by atomic mass is 14.6. The molecule has 0 aliphatic heterocycles. The average Bonchev–Trinajstić information content (AvgIpc) is 2.01. The van der Waals surface area contributed by atoms with E-state index in [1.807, 2.05) is 25.1 Å². The van der Waals surface area contributed by atoms with Gasteiger partial charge in [-0.15, -0.1) is 6.58 Å². The first-order valence-corrected chi connectivity index (χ1v) is 3.88. The van der Waals surface area contributed by atoms with Gasteiger partial charge in [0.15, 0.2) is 0 Å². The van der Waals surface area contributed by atoms with Crippen LogP contribution in [-0.2, 0) is 0 Å². The van der Waals surface area contributed by atoms with Crippen LogP contribution >= 0.6 is 0 Å². The van der Waals surface area contributed by atoms with E-state index < -0.39 is 0 Å². The molecular formula is C10H14N2. The number of benzene rings is 1. The van der Waals surface area contributed by atoms with Crippen molar-refractivity contribution >= 4 is 5.69 Å². The minimum Gasteiger partial charge on any atom is -0.399 e. The van der Waals surface area contributed by atoms with Crippen molar-refractivity contribution in [1.29, 1.82) is 0 Å². The van der Waals surface area contributed by atoms with Crippen LogP contribution in [0.25, 0.3) is 0 Å². The van der Waals surface area contributed by atoms with Crippen LogP contribution in [0.3, 0.4) is 0 Å². The lowest BCUT2D eigenvalue weighted by atomic mass is 10.0. The molecule has 2 nitrogen and oxygen atoms in total. The zero-order valence-corrected chi connectivity index (χ0v) is 7.25. The summed E-state index contributed by atoms with van der Waals surface area (Å²) in [5.74, 6) is 0. The van der Waals surface area contributed by atoms with Gasteiger partial charge in [-0.1, -0.05) is 12.1 Å². The number of rotatable bonds is 2. The third-order valence-electron chi connectivity index (χ3n) is 1.76. The fourth-order valence-electron chi connectivity index (χ4n) is 1.17. The Hall–Kier alpha value is -1.28. The van der Waals surface area contributed by atoms with E-state index in [1.165, 1.54) is 0 Å². The molecule has 1 unspecified atom stereocenters. The summed E-state index contributed by atoms with van der Waals surface area (Å²) in [6.45, 7) is 5.63. The monoisotopic (exact) mass is 162 g/mol. The number of hydrogen-bond donors (Lipinski definition) is 2. The van der Waals surface area contributed by atoms with Crippen LogP contribution in [0.4, 0.5) is 5.69 Å². The SMILES string of the molecule is C=CC(N)c1cc(C)cc(N)c1. The summed E-state index contributed by atoms with van der Waals surface area (Å²) >= 11 is 0. The smallest absolute Gasteiger partial charge is 0.0479 e. The van der Waals surface area contributed by atoms with Crippen LogP contribution in [0.2, 0.25) is 0 Å². The highest BCUT2D eigenvalue weighted by Gasteiger charge is 2.01. The van der Waals surface area contributed by atoms with Crippen LogP contribution in [0.5, 0.6) is 0 Å². The summed E-state index contributed by atoms with van der Waals surface area (Å²) in [6, 6.07) is 5.69. The van der Waals surface area contributed by atoms with Crippen LogP contribution in [-0.4, -0.2) is 0 Å². The second-order valence-electron chi connectivity index (χ2n) is 2.94. The van der Waals surface area contributed by atoms with E-state index in [0.717, 1.165) is 16.8 Å². The zero-order valence-electron chi connectivity index (χ0n) is 7.25. The number of hydrogen-bond acceptors (Lipinski definition) is 2. The van der Waals surface area contributed by atoms with Crippen molar-refractivity contribution < 1.29 is 0 Å². The maximum absolute atomic E-state index is 5.76. The fraction of sp³-hybridized carbons (Fsp3) is 0.200. The summed E-state index contributed by atoms with van der Waals surface area (Å²) < 4.78 is 0. The van der Waals surface area contributed by atoms with Gasteiger partial charge in [-0.25, -0.2) is 0 Å². The standard InChI is InChI=1S/C10H14N2/c1-3-10(12)8-4-7(2)5-9(11)6-8/h3-6,10H,1,11-12H2,2H3. The fourth-order valence-corrected chi connectivity index (χ4v) is 1.17. The van der Waals surface area contributed by atoms with E-state index in [9.17, 15) is 0 Å². The number of aryl methyl sites for hydroxylation is 1. The Bertz CT molecular complexity index is 272. The first-order valence-electron chi connectivity index (χ1n) is 3.88. The number of nitrogens with two attached hydrogens (primary N) is 2. The Balaban J connectivity index is 3.08. The summed E-state index contributed by atoms with van der Waals surface area (Å²) in [6.07, 6.45) is 1.70. The Morgan fingerprint density at radius 2 is 2.08 bits per heavy atom. The normalized spacial score (nSPS) is 12.5. The van der Waals surface area contributed by atoms with Gasteiger partial charge in [0.25, 0.3) is 0 Å². The van der Waals surface area contributed by atoms with E-state index in [1.54, 1.807) is 6.08 Å². The van der Waals surface area contributed by atoms with Gasteiger partial charge in [0.2, 0.25) is 0 Å². The Kier molecular flexibility index (Phi) is 2.51. The quantitative estimate of drug-likeness (QED) is 0.514. The summed E-state index contributed by atoms with van der Waals surface area (Å²) in [7, 11) is 0. The molecule has 2 heteroatoms. The highest BCUT2D eigenvalue weighted by molar-refractivity contribution is 5.45. The van der Waals surface area contributed by atoms with Gasteiger partial charge in [0.1, 0.15) is 0 Å². The van der Waals surface area contributed by atoms with Crippen LogP contribution < -0.4 is 11.5 Å². The molecule has 1 rings (SSSR count). The lowest BCUT2D eigenvalue weighted by Gasteiger charge is -2.08. The minimum absolute atomic E-state index is 0.118. The molecule has 0 fully saturated rings. The van der Waals surface area contributed by atoms with Gasteiger partial charge >= 0.3 is 0 Å². The maximum atomic E-state index is 5.76. The number of anilines is 1. The van der Waals surface area contributed by atoms with Gasteiger partial charge in [0, 0.05) is 11.7 Å². The van der Waals surface area contributed by atoms with Gasteiger partial charge in [-0.2, -0.15) is 0 Å². The van der Waals surface area contributed by atoms with Crippen molar-refractivity contribution in [3.63, 3.8) is 0 Å². The minimum atomic E-state index is -0.118. The molecule has 0 heterocycles. The van der Waals surface area contributed by atoms with Crippen molar-refractivity contribution in [2.45, 2.75) is 13.0 Å². The Labute approximate surface area is 72.9 Å².